The summed E-state index contributed by atoms with van der Waals surface area (Å²) >= 11 is 0. The minimum absolute atomic E-state index is 0.0352. The van der Waals surface area contributed by atoms with Gasteiger partial charge < -0.3 is 5.11 Å². The number of hydrogen-bond donors (Lipinski definition) is 1. The Hall–Kier alpha value is -6.26. The van der Waals surface area contributed by atoms with E-state index in [-0.39, 0.29) is 22.4 Å². The molecular weight excluding hydrogens is 695 g/mol. The molecule has 0 saturated heterocycles. The van der Waals surface area contributed by atoms with Crippen molar-refractivity contribution in [3.05, 3.63) is 167 Å². The molecule has 0 aliphatic rings. The summed E-state index contributed by atoms with van der Waals surface area (Å²) in [4.78, 5) is 9.85. The Labute approximate surface area is 351 Å². The minimum Gasteiger partial charge on any atom is -0.507 e. The molecule has 0 saturated carbocycles. The lowest BCUT2D eigenvalue weighted by atomic mass is 9.83. The Morgan fingerprint density at radius 3 is 2.11 bits per heavy atom. The number of hydrogen-bond acceptors (Lipinski definition) is 3. The molecule has 4 heteroatoms. The maximum atomic E-state index is 11.8. The minimum atomic E-state index is -2.96. The van der Waals surface area contributed by atoms with Gasteiger partial charge in [0.05, 0.1) is 37.6 Å². The third kappa shape index (κ3) is 7.29. The fraction of sp³-hybridized carbons (Fsp3) is 0.208. The van der Waals surface area contributed by atoms with E-state index < -0.39 is 65.8 Å². The van der Waals surface area contributed by atoms with Crippen LogP contribution < -0.4 is 0 Å². The van der Waals surface area contributed by atoms with Gasteiger partial charge in [0.15, 0.2) is 0 Å². The van der Waals surface area contributed by atoms with Gasteiger partial charge in [0.25, 0.3) is 0 Å². The topological polar surface area (TPSA) is 50.9 Å². The van der Waals surface area contributed by atoms with E-state index in [9.17, 15) is 6.48 Å². The number of para-hydroxylation sites is 1. The summed E-state index contributed by atoms with van der Waals surface area (Å²) in [5, 5.41) is 11.8. The highest BCUT2D eigenvalue weighted by atomic mass is 16.3. The molecular formula is C53H51N3O. The van der Waals surface area contributed by atoms with Gasteiger partial charge in [-0.25, -0.2) is 4.98 Å². The van der Waals surface area contributed by atoms with Crippen LogP contribution in [0.3, 0.4) is 0 Å². The summed E-state index contributed by atoms with van der Waals surface area (Å²) in [6.07, 6.45) is -0.563. The zero-order valence-electron chi connectivity index (χ0n) is 43.5. The van der Waals surface area contributed by atoms with Crippen LogP contribution in [0.4, 0.5) is 0 Å². The molecule has 0 spiro atoms. The molecule has 2 aromatic heterocycles. The number of aryl methyl sites for hydroxylation is 2. The van der Waals surface area contributed by atoms with Crippen LogP contribution in [0, 0.1) is 20.7 Å². The van der Waals surface area contributed by atoms with E-state index in [1.807, 2.05) is 101 Å². The summed E-state index contributed by atoms with van der Waals surface area (Å²) in [5.74, 6) is 0.647. The van der Waals surface area contributed by atoms with Crippen LogP contribution in [0.1, 0.15) is 83.1 Å². The van der Waals surface area contributed by atoms with E-state index >= 15 is 0 Å². The zero-order valence-corrected chi connectivity index (χ0v) is 33.5. The zero-order chi connectivity index (χ0) is 48.8. The number of rotatable bonds is 6. The van der Waals surface area contributed by atoms with Gasteiger partial charge in [0, 0.05) is 21.4 Å². The summed E-state index contributed by atoms with van der Waals surface area (Å²) in [6, 6.07) is 28.1. The molecule has 2 heterocycles. The van der Waals surface area contributed by atoms with Crippen molar-refractivity contribution >= 4 is 11.0 Å². The van der Waals surface area contributed by atoms with Gasteiger partial charge in [-0.3, -0.25) is 9.55 Å². The van der Waals surface area contributed by atoms with E-state index in [2.05, 4.69) is 60.7 Å². The molecule has 6 aromatic carbocycles. The van der Waals surface area contributed by atoms with E-state index in [1.54, 1.807) is 0 Å². The van der Waals surface area contributed by atoms with Gasteiger partial charge in [-0.1, -0.05) is 132 Å². The van der Waals surface area contributed by atoms with Crippen molar-refractivity contribution in [3.8, 4) is 67.5 Å². The standard InChI is InChI=1S/C53H51N3O/c1-33-18-20-37(21-19-33)39-24-25-54-46(32-39)41-28-40(29-42(30-41)52(4,5)6)43-16-13-17-48-49(43)55-51(44-27-34(2)26-35(3)50(44)57)56(48)47-23-22-38(31-45(47)53(7,8)9)36-14-11-10-12-15-36/h10-32,57H,1-9H3/i1D3,18D,19D,20D,21D,24D,25D,32D. The SMILES string of the molecule is [2H]c1nc(-c2cc(-c3cccc4c3nc(-c3cc(C)cc(C)c3O)n4-c3ccc(-c4ccccc4)cc3C(C)(C)C)cc(C(C)(C)C)c2)c([2H])c(-c2c([2H])c([2H])c(C([2H])([2H])[2H])c([2H])c2[2H])c1[2H]. The normalized spacial score (nSPS) is 14.7. The summed E-state index contributed by atoms with van der Waals surface area (Å²) in [7, 11) is 0. The first-order valence-corrected chi connectivity index (χ1v) is 19.1. The van der Waals surface area contributed by atoms with Crippen molar-refractivity contribution in [1.82, 2.24) is 14.5 Å². The predicted molar refractivity (Wildman–Crippen MR) is 239 cm³/mol. The molecule has 0 aliphatic carbocycles. The van der Waals surface area contributed by atoms with Crippen LogP contribution in [0.2, 0.25) is 0 Å². The summed E-state index contributed by atoms with van der Waals surface area (Å²) in [6.45, 7) is 13.5. The molecule has 0 fully saturated rings. The molecule has 0 radical (unpaired) electrons. The number of aromatic hydroxyl groups is 1. The number of phenolic OH excluding ortho intramolecular Hbond substituents is 1. The van der Waals surface area contributed by atoms with E-state index in [0.717, 1.165) is 44.6 Å². The molecule has 0 atom stereocenters. The first kappa shape index (κ1) is 27.4. The Balaban J connectivity index is 1.43. The van der Waals surface area contributed by atoms with E-state index in [0.29, 0.717) is 33.6 Å². The van der Waals surface area contributed by atoms with Crippen molar-refractivity contribution in [2.75, 3.05) is 0 Å². The second kappa shape index (κ2) is 14.4. The summed E-state index contributed by atoms with van der Waals surface area (Å²) < 4.78 is 87.8. The third-order valence-corrected chi connectivity index (χ3v) is 10.4. The first-order chi connectivity index (χ1) is 31.3. The van der Waals surface area contributed by atoms with Crippen LogP contribution in [-0.2, 0) is 10.8 Å². The average molecular weight is 756 g/mol. The quantitative estimate of drug-likeness (QED) is 0.184. The molecule has 0 aliphatic heterocycles. The molecule has 0 unspecified atom stereocenters. The molecule has 1 N–H and O–H groups in total. The number of phenols is 1. The number of pyridine rings is 1. The fourth-order valence-electron chi connectivity index (χ4n) is 7.40. The van der Waals surface area contributed by atoms with Gasteiger partial charge in [0.2, 0.25) is 0 Å². The number of benzene rings is 6. The molecule has 0 amide bonds. The Morgan fingerprint density at radius 2 is 1.39 bits per heavy atom. The number of fused-ring (bicyclic) bond motifs is 1. The summed E-state index contributed by atoms with van der Waals surface area (Å²) in [5.41, 5.74) is 7.95. The Bertz CT molecular complexity index is 3280. The number of aromatic nitrogens is 3. The molecule has 284 valence electrons. The van der Waals surface area contributed by atoms with Gasteiger partial charge in [-0.05, 0) is 130 Å². The molecule has 57 heavy (non-hydrogen) atoms. The van der Waals surface area contributed by atoms with E-state index in [1.165, 1.54) is 0 Å². The molecule has 0 bridgehead atoms. The number of nitrogens with zero attached hydrogens (tertiary/aromatic N) is 3. The van der Waals surface area contributed by atoms with Crippen LogP contribution >= 0.6 is 0 Å². The molecule has 4 nitrogen and oxygen atoms in total. The predicted octanol–water partition coefficient (Wildman–Crippen LogP) is 14.0. The van der Waals surface area contributed by atoms with Gasteiger partial charge >= 0.3 is 0 Å². The molecule has 8 rings (SSSR count). The lowest BCUT2D eigenvalue weighted by molar-refractivity contribution is 0.472. The van der Waals surface area contributed by atoms with Crippen LogP contribution in [-0.4, -0.2) is 19.6 Å². The lowest BCUT2D eigenvalue weighted by Gasteiger charge is -2.26. The second-order valence-electron chi connectivity index (χ2n) is 16.8. The Kier molecular flexibility index (Phi) is 6.89. The van der Waals surface area contributed by atoms with Crippen molar-refractivity contribution in [2.24, 2.45) is 0 Å². The van der Waals surface area contributed by atoms with Gasteiger partial charge in [0.1, 0.15) is 11.6 Å². The lowest BCUT2D eigenvalue weighted by Crippen LogP contribution is -2.16. The molecule has 8 aromatic rings. The maximum absolute atomic E-state index is 11.8. The Morgan fingerprint density at radius 1 is 0.632 bits per heavy atom. The average Bonchev–Trinajstić information content (AvgIpc) is 3.65. The maximum Gasteiger partial charge on any atom is 0.149 e. The highest BCUT2D eigenvalue weighted by molar-refractivity contribution is 5.97. The van der Waals surface area contributed by atoms with Crippen molar-refractivity contribution in [3.63, 3.8) is 0 Å². The smallest absolute Gasteiger partial charge is 0.149 e. The van der Waals surface area contributed by atoms with Crippen molar-refractivity contribution in [2.45, 2.75) is 73.1 Å². The van der Waals surface area contributed by atoms with Crippen LogP contribution in [0.15, 0.2) is 139 Å². The number of imidazole rings is 1. The third-order valence-electron chi connectivity index (χ3n) is 10.4. The van der Waals surface area contributed by atoms with Gasteiger partial charge in [-0.2, -0.15) is 0 Å². The van der Waals surface area contributed by atoms with Crippen LogP contribution in [0.5, 0.6) is 5.75 Å². The fourth-order valence-corrected chi connectivity index (χ4v) is 7.40. The highest BCUT2D eigenvalue weighted by Gasteiger charge is 2.27. The highest BCUT2D eigenvalue weighted by Crippen LogP contribution is 2.43. The second-order valence-corrected chi connectivity index (χ2v) is 16.8. The van der Waals surface area contributed by atoms with Crippen LogP contribution in [0.25, 0.3) is 72.7 Å². The first-order valence-electron chi connectivity index (χ1n) is 24.1. The van der Waals surface area contributed by atoms with E-state index in [4.69, 9.17) is 17.3 Å². The largest absolute Gasteiger partial charge is 0.507 e. The monoisotopic (exact) mass is 755 g/mol. The van der Waals surface area contributed by atoms with Gasteiger partial charge in [-0.15, -0.1) is 0 Å². The van der Waals surface area contributed by atoms with Crippen molar-refractivity contribution < 1.29 is 18.8 Å². The van der Waals surface area contributed by atoms with Crippen molar-refractivity contribution in [1.29, 1.82) is 0 Å².